The third-order valence-electron chi connectivity index (χ3n) is 4.17. The highest BCUT2D eigenvalue weighted by Gasteiger charge is 2.24. The second kappa shape index (κ2) is 6.95. The number of nitrogens with zero attached hydrogens (tertiary/aromatic N) is 1. The van der Waals surface area contributed by atoms with Crippen molar-refractivity contribution in [2.75, 3.05) is 11.4 Å². The number of rotatable bonds is 4. The largest absolute Gasteiger partial charge is 0.368 e. The Kier molecular flexibility index (Phi) is 5.50. The summed E-state index contributed by atoms with van der Waals surface area (Å²) in [6.45, 7) is 11.2. The van der Waals surface area contributed by atoms with Crippen LogP contribution >= 0.6 is 15.9 Å². The van der Waals surface area contributed by atoms with Crippen molar-refractivity contribution in [2.45, 2.75) is 59.2 Å². The first-order valence-electron chi connectivity index (χ1n) is 7.75. The molecule has 2 unspecified atom stereocenters. The number of halogens is 1. The van der Waals surface area contributed by atoms with Crippen molar-refractivity contribution in [3.05, 3.63) is 28.2 Å². The second-order valence-electron chi connectivity index (χ2n) is 6.49. The number of benzene rings is 1. The minimum absolute atomic E-state index is 0.525. The zero-order valence-corrected chi connectivity index (χ0v) is 14.7. The summed E-state index contributed by atoms with van der Waals surface area (Å²) < 4.78 is 1.22. The first-order chi connectivity index (χ1) is 9.47. The molecule has 20 heavy (non-hydrogen) atoms. The molecule has 2 rings (SSSR count). The fourth-order valence-corrected chi connectivity index (χ4v) is 3.63. The highest BCUT2D eigenvalue weighted by Crippen LogP contribution is 2.33. The third-order valence-corrected chi connectivity index (χ3v) is 4.81. The van der Waals surface area contributed by atoms with Crippen LogP contribution in [0, 0.1) is 5.92 Å². The summed E-state index contributed by atoms with van der Waals surface area (Å²) in [6.07, 6.45) is 2.59. The molecule has 1 aliphatic heterocycles. The smallest absolute Gasteiger partial charge is 0.0513 e. The topological polar surface area (TPSA) is 15.3 Å². The normalized spacial score (nSPS) is 23.4. The molecule has 3 heteroatoms. The van der Waals surface area contributed by atoms with Gasteiger partial charge in [0.25, 0.3) is 0 Å². The summed E-state index contributed by atoms with van der Waals surface area (Å²) in [5, 5.41) is 3.47. The first-order valence-corrected chi connectivity index (χ1v) is 8.55. The lowest BCUT2D eigenvalue weighted by Crippen LogP contribution is -2.40. The fourth-order valence-electron chi connectivity index (χ4n) is 2.98. The van der Waals surface area contributed by atoms with E-state index < -0.39 is 0 Å². The predicted molar refractivity (Wildman–Crippen MR) is 91.3 cm³/mol. The highest BCUT2D eigenvalue weighted by molar-refractivity contribution is 9.10. The van der Waals surface area contributed by atoms with Crippen LogP contribution in [-0.4, -0.2) is 18.6 Å². The van der Waals surface area contributed by atoms with E-state index in [0.717, 1.165) is 12.5 Å². The van der Waals surface area contributed by atoms with Gasteiger partial charge in [-0.05, 0) is 59.3 Å². The van der Waals surface area contributed by atoms with Crippen molar-refractivity contribution in [3.8, 4) is 0 Å². The van der Waals surface area contributed by atoms with Crippen LogP contribution in [0.25, 0.3) is 0 Å². The Labute approximate surface area is 132 Å². The average Bonchev–Trinajstić information content (AvgIpc) is 2.37. The van der Waals surface area contributed by atoms with Gasteiger partial charge in [0.1, 0.15) is 0 Å². The summed E-state index contributed by atoms with van der Waals surface area (Å²) in [5.41, 5.74) is 2.69. The van der Waals surface area contributed by atoms with Gasteiger partial charge in [0.05, 0.1) is 5.69 Å². The maximum Gasteiger partial charge on any atom is 0.0513 e. The summed E-state index contributed by atoms with van der Waals surface area (Å²) in [4.78, 5) is 2.55. The molecule has 0 amide bonds. The molecule has 1 fully saturated rings. The summed E-state index contributed by atoms with van der Waals surface area (Å²) in [7, 11) is 0. The van der Waals surface area contributed by atoms with E-state index in [2.05, 4.69) is 72.0 Å². The molecule has 112 valence electrons. The number of anilines is 1. The Hall–Kier alpha value is -0.540. The molecule has 0 aromatic heterocycles. The molecule has 1 saturated heterocycles. The number of piperidine rings is 1. The van der Waals surface area contributed by atoms with Gasteiger partial charge in [0.2, 0.25) is 0 Å². The lowest BCUT2D eigenvalue weighted by molar-refractivity contribution is 0.377. The van der Waals surface area contributed by atoms with Crippen LogP contribution in [-0.2, 0) is 6.54 Å². The molecule has 0 saturated carbocycles. The molecule has 0 bridgehead atoms. The Morgan fingerprint density at radius 2 is 2.10 bits per heavy atom. The minimum atomic E-state index is 0.525. The van der Waals surface area contributed by atoms with Crippen molar-refractivity contribution < 1.29 is 0 Å². The fraction of sp³-hybridized carbons (Fsp3) is 0.647. The second-order valence-corrected chi connectivity index (χ2v) is 7.35. The Bertz CT molecular complexity index is 445. The van der Waals surface area contributed by atoms with Crippen molar-refractivity contribution in [1.82, 2.24) is 5.32 Å². The molecule has 1 heterocycles. The third kappa shape index (κ3) is 3.98. The minimum Gasteiger partial charge on any atom is -0.368 e. The van der Waals surface area contributed by atoms with Gasteiger partial charge in [-0.1, -0.05) is 26.8 Å². The molecule has 1 aromatic rings. The SMILES string of the molecule is CC1CCN(c2ccc(CNC(C)C)cc2Br)C(C)C1. The van der Waals surface area contributed by atoms with Gasteiger partial charge >= 0.3 is 0 Å². The molecule has 0 spiro atoms. The van der Waals surface area contributed by atoms with E-state index in [1.54, 1.807) is 0 Å². The first kappa shape index (κ1) is 15.8. The van der Waals surface area contributed by atoms with Gasteiger partial charge in [-0.15, -0.1) is 0 Å². The predicted octanol–water partition coefficient (Wildman–Crippen LogP) is 4.57. The van der Waals surface area contributed by atoms with Gasteiger partial charge in [-0.3, -0.25) is 0 Å². The van der Waals surface area contributed by atoms with E-state index in [-0.39, 0.29) is 0 Å². The molecule has 0 aliphatic carbocycles. The Morgan fingerprint density at radius 3 is 2.70 bits per heavy atom. The van der Waals surface area contributed by atoms with Gasteiger partial charge in [0, 0.05) is 29.6 Å². The monoisotopic (exact) mass is 338 g/mol. The lowest BCUT2D eigenvalue weighted by Gasteiger charge is -2.39. The highest BCUT2D eigenvalue weighted by atomic mass is 79.9. The summed E-state index contributed by atoms with van der Waals surface area (Å²) >= 11 is 3.76. The van der Waals surface area contributed by atoms with Crippen molar-refractivity contribution in [3.63, 3.8) is 0 Å². The van der Waals surface area contributed by atoms with Crippen LogP contribution in [0.5, 0.6) is 0 Å². The number of hydrogen-bond donors (Lipinski definition) is 1. The van der Waals surface area contributed by atoms with Crippen molar-refractivity contribution >= 4 is 21.6 Å². The Morgan fingerprint density at radius 1 is 1.35 bits per heavy atom. The molecule has 0 radical (unpaired) electrons. The molecular weight excluding hydrogens is 312 g/mol. The zero-order chi connectivity index (χ0) is 14.7. The van der Waals surface area contributed by atoms with Crippen LogP contribution in [0.1, 0.15) is 46.1 Å². The summed E-state index contributed by atoms with van der Waals surface area (Å²) in [5.74, 6) is 0.856. The molecule has 2 atom stereocenters. The Balaban J connectivity index is 2.09. The van der Waals surface area contributed by atoms with Gasteiger partial charge in [-0.25, -0.2) is 0 Å². The van der Waals surface area contributed by atoms with E-state index in [1.807, 2.05) is 0 Å². The van der Waals surface area contributed by atoms with Crippen molar-refractivity contribution in [2.24, 2.45) is 5.92 Å². The number of nitrogens with one attached hydrogen (secondary N) is 1. The van der Waals surface area contributed by atoms with E-state index in [9.17, 15) is 0 Å². The average molecular weight is 339 g/mol. The number of hydrogen-bond acceptors (Lipinski definition) is 2. The van der Waals surface area contributed by atoms with Crippen LogP contribution in [0.15, 0.2) is 22.7 Å². The van der Waals surface area contributed by atoms with Gasteiger partial charge in [0.15, 0.2) is 0 Å². The van der Waals surface area contributed by atoms with E-state index in [1.165, 1.54) is 35.1 Å². The van der Waals surface area contributed by atoms with Crippen molar-refractivity contribution in [1.29, 1.82) is 0 Å². The maximum atomic E-state index is 3.76. The van der Waals surface area contributed by atoms with Crippen LogP contribution in [0.3, 0.4) is 0 Å². The molecule has 1 N–H and O–H groups in total. The van der Waals surface area contributed by atoms with E-state index in [4.69, 9.17) is 0 Å². The molecule has 2 nitrogen and oxygen atoms in total. The van der Waals surface area contributed by atoms with Crippen LogP contribution in [0.4, 0.5) is 5.69 Å². The molecule has 1 aromatic carbocycles. The molecular formula is C17H27BrN2. The summed E-state index contributed by atoms with van der Waals surface area (Å²) in [6, 6.07) is 7.94. The van der Waals surface area contributed by atoms with E-state index in [0.29, 0.717) is 12.1 Å². The molecule has 1 aliphatic rings. The zero-order valence-electron chi connectivity index (χ0n) is 13.1. The van der Waals surface area contributed by atoms with Crippen LogP contribution in [0.2, 0.25) is 0 Å². The van der Waals surface area contributed by atoms with Crippen LogP contribution < -0.4 is 10.2 Å². The quantitative estimate of drug-likeness (QED) is 0.864. The standard InChI is InChI=1S/C17H27BrN2/c1-12(2)19-11-15-5-6-17(16(18)10-15)20-8-7-13(3)9-14(20)4/h5-6,10,12-14,19H,7-9,11H2,1-4H3. The van der Waals surface area contributed by atoms with E-state index >= 15 is 0 Å². The maximum absolute atomic E-state index is 3.76. The van der Waals surface area contributed by atoms with Gasteiger partial charge in [-0.2, -0.15) is 0 Å². The van der Waals surface area contributed by atoms with Gasteiger partial charge < -0.3 is 10.2 Å². The lowest BCUT2D eigenvalue weighted by atomic mass is 9.93.